The fraction of sp³-hybridized carbons (Fsp3) is 0.538. The molecule has 1 saturated carbocycles. The number of benzene rings is 1. The van der Waals surface area contributed by atoms with Crippen LogP contribution in [-0.2, 0) is 0 Å². The van der Waals surface area contributed by atoms with E-state index in [0.29, 0.717) is 12.1 Å². The molecule has 5 nitrogen and oxygen atoms in total. The molecule has 0 aliphatic heterocycles. The average molecular weight is 250 g/mol. The Morgan fingerprint density at radius 1 is 1.44 bits per heavy atom. The fourth-order valence-corrected chi connectivity index (χ4v) is 2.90. The zero-order valence-electron chi connectivity index (χ0n) is 10.2. The SMILES string of the molecule is NCC(c1ccccc1[N+](=O)[O-])C1(CO)CCC1. The molecular weight excluding hydrogens is 232 g/mol. The van der Waals surface area contributed by atoms with Crippen molar-refractivity contribution in [3.63, 3.8) is 0 Å². The summed E-state index contributed by atoms with van der Waals surface area (Å²) in [6, 6.07) is 6.70. The van der Waals surface area contributed by atoms with Crippen LogP contribution in [0.2, 0.25) is 0 Å². The molecule has 0 amide bonds. The van der Waals surface area contributed by atoms with Crippen molar-refractivity contribution in [1.29, 1.82) is 0 Å². The van der Waals surface area contributed by atoms with Gasteiger partial charge in [0.1, 0.15) is 0 Å². The highest BCUT2D eigenvalue weighted by Gasteiger charge is 2.45. The number of aliphatic hydroxyl groups is 1. The van der Waals surface area contributed by atoms with Crippen LogP contribution < -0.4 is 5.73 Å². The summed E-state index contributed by atoms with van der Waals surface area (Å²) < 4.78 is 0. The minimum Gasteiger partial charge on any atom is -0.396 e. The first-order valence-corrected chi connectivity index (χ1v) is 6.19. The third-order valence-electron chi connectivity index (χ3n) is 4.15. The second-order valence-corrected chi connectivity index (χ2v) is 4.98. The zero-order chi connectivity index (χ0) is 13.2. The summed E-state index contributed by atoms with van der Waals surface area (Å²) >= 11 is 0. The molecule has 0 bridgehead atoms. The topological polar surface area (TPSA) is 89.4 Å². The molecule has 98 valence electrons. The van der Waals surface area contributed by atoms with Crippen molar-refractivity contribution in [2.75, 3.05) is 13.2 Å². The van der Waals surface area contributed by atoms with Crippen LogP contribution in [0.3, 0.4) is 0 Å². The van der Waals surface area contributed by atoms with Crippen LogP contribution in [-0.4, -0.2) is 23.2 Å². The maximum absolute atomic E-state index is 11.1. The Morgan fingerprint density at radius 3 is 2.56 bits per heavy atom. The van der Waals surface area contributed by atoms with E-state index in [9.17, 15) is 15.2 Å². The van der Waals surface area contributed by atoms with Gasteiger partial charge in [-0.05, 0) is 12.8 Å². The number of aliphatic hydroxyl groups excluding tert-OH is 1. The third-order valence-corrected chi connectivity index (χ3v) is 4.15. The van der Waals surface area contributed by atoms with Crippen LogP contribution in [0.4, 0.5) is 5.69 Å². The number of rotatable bonds is 5. The first-order valence-electron chi connectivity index (χ1n) is 6.19. The van der Waals surface area contributed by atoms with Gasteiger partial charge in [0.2, 0.25) is 0 Å². The molecule has 0 spiro atoms. The Kier molecular flexibility index (Phi) is 3.63. The summed E-state index contributed by atoms with van der Waals surface area (Å²) in [4.78, 5) is 10.7. The number of nitro groups is 1. The first kappa shape index (κ1) is 13.0. The Balaban J connectivity index is 2.42. The summed E-state index contributed by atoms with van der Waals surface area (Å²) in [5.41, 5.74) is 6.30. The second-order valence-electron chi connectivity index (χ2n) is 4.98. The van der Waals surface area contributed by atoms with Crippen molar-refractivity contribution >= 4 is 5.69 Å². The van der Waals surface area contributed by atoms with Gasteiger partial charge in [0, 0.05) is 36.1 Å². The summed E-state index contributed by atoms with van der Waals surface area (Å²) in [6.07, 6.45) is 2.83. The lowest BCUT2D eigenvalue weighted by molar-refractivity contribution is -0.386. The largest absolute Gasteiger partial charge is 0.396 e. The molecule has 18 heavy (non-hydrogen) atoms. The molecule has 0 aromatic heterocycles. The molecule has 3 N–H and O–H groups in total. The standard InChI is InChI=1S/C13H18N2O3/c14-8-11(13(9-16)6-3-7-13)10-4-1-2-5-12(10)15(17)18/h1-2,4-5,11,16H,3,6-9,14H2. The van der Waals surface area contributed by atoms with Crippen LogP contribution in [0.15, 0.2) is 24.3 Å². The van der Waals surface area contributed by atoms with Gasteiger partial charge < -0.3 is 10.8 Å². The number of nitrogens with zero attached hydrogens (tertiary/aromatic N) is 1. The minimum atomic E-state index is -0.373. The monoisotopic (exact) mass is 250 g/mol. The molecule has 1 aromatic carbocycles. The zero-order valence-corrected chi connectivity index (χ0v) is 10.2. The van der Waals surface area contributed by atoms with Crippen molar-refractivity contribution in [3.8, 4) is 0 Å². The predicted octanol–water partition coefficient (Wildman–Crippen LogP) is 1.80. The highest BCUT2D eigenvalue weighted by molar-refractivity contribution is 5.44. The lowest BCUT2D eigenvalue weighted by atomic mass is 9.59. The molecule has 1 unspecified atom stereocenters. The number of nitrogens with two attached hydrogens (primary N) is 1. The van der Waals surface area contributed by atoms with E-state index in [2.05, 4.69) is 0 Å². The molecule has 0 heterocycles. The molecule has 0 saturated heterocycles. The Morgan fingerprint density at radius 2 is 2.11 bits per heavy atom. The number of hydrogen-bond donors (Lipinski definition) is 2. The number of hydrogen-bond acceptors (Lipinski definition) is 4. The summed E-state index contributed by atoms with van der Waals surface area (Å²) in [5, 5.41) is 20.7. The van der Waals surface area contributed by atoms with Gasteiger partial charge >= 0.3 is 0 Å². The Bertz CT molecular complexity index is 438. The molecule has 2 rings (SSSR count). The van der Waals surface area contributed by atoms with E-state index in [1.807, 2.05) is 0 Å². The summed E-state index contributed by atoms with van der Waals surface area (Å²) in [7, 11) is 0. The van der Waals surface area contributed by atoms with E-state index in [-0.39, 0.29) is 28.6 Å². The fourth-order valence-electron chi connectivity index (χ4n) is 2.90. The van der Waals surface area contributed by atoms with E-state index in [1.165, 1.54) is 6.07 Å². The van der Waals surface area contributed by atoms with Gasteiger partial charge in [0.15, 0.2) is 0 Å². The van der Waals surface area contributed by atoms with E-state index in [4.69, 9.17) is 5.73 Å². The van der Waals surface area contributed by atoms with Crippen LogP contribution in [0, 0.1) is 15.5 Å². The van der Waals surface area contributed by atoms with Gasteiger partial charge in [-0.1, -0.05) is 24.6 Å². The predicted molar refractivity (Wildman–Crippen MR) is 68.3 cm³/mol. The van der Waals surface area contributed by atoms with Gasteiger partial charge in [-0.3, -0.25) is 10.1 Å². The first-order chi connectivity index (χ1) is 8.64. The lowest BCUT2D eigenvalue weighted by Gasteiger charge is -2.46. The molecule has 5 heteroatoms. The number of para-hydroxylation sites is 1. The van der Waals surface area contributed by atoms with E-state index < -0.39 is 0 Å². The third kappa shape index (κ3) is 2.00. The molecular formula is C13H18N2O3. The van der Waals surface area contributed by atoms with Crippen LogP contribution in [0.1, 0.15) is 30.7 Å². The maximum atomic E-state index is 11.1. The van der Waals surface area contributed by atoms with Gasteiger partial charge in [-0.15, -0.1) is 0 Å². The van der Waals surface area contributed by atoms with Crippen molar-refractivity contribution in [3.05, 3.63) is 39.9 Å². The van der Waals surface area contributed by atoms with Gasteiger partial charge in [-0.2, -0.15) is 0 Å². The number of nitro benzene ring substituents is 1. The quantitative estimate of drug-likeness (QED) is 0.616. The second kappa shape index (κ2) is 5.04. The summed E-state index contributed by atoms with van der Waals surface area (Å²) in [5.74, 6) is -0.141. The minimum absolute atomic E-state index is 0.0426. The lowest BCUT2D eigenvalue weighted by Crippen LogP contribution is -2.42. The van der Waals surface area contributed by atoms with E-state index >= 15 is 0 Å². The van der Waals surface area contributed by atoms with Gasteiger partial charge in [0.25, 0.3) is 5.69 Å². The average Bonchev–Trinajstić information content (AvgIpc) is 2.33. The van der Waals surface area contributed by atoms with Crippen molar-refractivity contribution in [2.24, 2.45) is 11.1 Å². The molecule has 1 aliphatic rings. The van der Waals surface area contributed by atoms with Crippen LogP contribution in [0.5, 0.6) is 0 Å². The van der Waals surface area contributed by atoms with Crippen LogP contribution >= 0.6 is 0 Å². The van der Waals surface area contributed by atoms with Crippen molar-refractivity contribution in [2.45, 2.75) is 25.2 Å². The Hall–Kier alpha value is -1.46. The molecule has 1 fully saturated rings. The smallest absolute Gasteiger partial charge is 0.272 e. The van der Waals surface area contributed by atoms with Gasteiger partial charge in [-0.25, -0.2) is 0 Å². The van der Waals surface area contributed by atoms with Crippen molar-refractivity contribution < 1.29 is 10.0 Å². The highest BCUT2D eigenvalue weighted by Crippen LogP contribution is 2.52. The molecule has 0 radical (unpaired) electrons. The van der Waals surface area contributed by atoms with Crippen LogP contribution in [0.25, 0.3) is 0 Å². The highest BCUT2D eigenvalue weighted by atomic mass is 16.6. The normalized spacial score (nSPS) is 19.0. The molecule has 1 atom stereocenters. The molecule has 1 aromatic rings. The van der Waals surface area contributed by atoms with Crippen molar-refractivity contribution in [1.82, 2.24) is 0 Å². The van der Waals surface area contributed by atoms with Gasteiger partial charge in [0.05, 0.1) is 4.92 Å². The van der Waals surface area contributed by atoms with E-state index in [0.717, 1.165) is 19.3 Å². The van der Waals surface area contributed by atoms with E-state index in [1.54, 1.807) is 18.2 Å². The molecule has 1 aliphatic carbocycles. The summed E-state index contributed by atoms with van der Waals surface area (Å²) in [6.45, 7) is 0.367. The Labute approximate surface area is 106 Å². The maximum Gasteiger partial charge on any atom is 0.272 e.